The third kappa shape index (κ3) is 4.82. The third-order valence-electron chi connectivity index (χ3n) is 9.78. The van der Waals surface area contributed by atoms with Crippen molar-refractivity contribution in [3.8, 4) is 11.8 Å². The number of piperidine rings is 1. The number of aliphatic hydroxyl groups is 1. The lowest BCUT2D eigenvalue weighted by atomic mass is 9.95. The van der Waals surface area contributed by atoms with Crippen LogP contribution in [0.2, 0.25) is 0 Å². The number of aryl methyl sites for hydroxylation is 1. The molecule has 2 aromatic carbocycles. The van der Waals surface area contributed by atoms with Crippen LogP contribution in [0.15, 0.2) is 24.3 Å². The Morgan fingerprint density at radius 1 is 1.10 bits per heavy atom. The van der Waals surface area contributed by atoms with Gasteiger partial charge in [0.25, 0.3) is 0 Å². The number of anilines is 2. The van der Waals surface area contributed by atoms with Crippen molar-refractivity contribution in [3.05, 3.63) is 46.9 Å². The first-order chi connectivity index (χ1) is 20.3. The van der Waals surface area contributed by atoms with Crippen molar-refractivity contribution in [1.82, 2.24) is 14.9 Å². The molecule has 5 heterocycles. The maximum atomic E-state index is 14.9. The smallest absolute Gasteiger partial charge is 0.318 e. The van der Waals surface area contributed by atoms with E-state index in [1.54, 1.807) is 18.2 Å². The summed E-state index contributed by atoms with van der Waals surface area (Å²) in [5, 5.41) is 22.7. The Morgan fingerprint density at radius 3 is 2.81 bits per heavy atom. The molecule has 3 aromatic rings. The molecule has 0 saturated carbocycles. The van der Waals surface area contributed by atoms with Gasteiger partial charge in [-0.15, -0.1) is 0 Å². The van der Waals surface area contributed by atoms with Crippen molar-refractivity contribution in [2.45, 2.75) is 76.2 Å². The van der Waals surface area contributed by atoms with Gasteiger partial charge in [-0.05, 0) is 68.2 Å². The molecule has 0 radical (unpaired) electrons. The molecule has 3 saturated heterocycles. The van der Waals surface area contributed by atoms with Crippen LogP contribution >= 0.6 is 0 Å². The number of hydrogen-bond acceptors (Lipinski definition) is 8. The van der Waals surface area contributed by atoms with Crippen LogP contribution in [0.3, 0.4) is 0 Å². The van der Waals surface area contributed by atoms with E-state index in [0.717, 1.165) is 72.3 Å². The van der Waals surface area contributed by atoms with Gasteiger partial charge in [-0.1, -0.05) is 13.0 Å². The Bertz CT molecular complexity index is 1500. The lowest BCUT2D eigenvalue weighted by Gasteiger charge is -2.37. The summed E-state index contributed by atoms with van der Waals surface area (Å²) in [5.74, 6) is 0.681. The van der Waals surface area contributed by atoms with Crippen LogP contribution in [0.4, 0.5) is 20.3 Å². The molecule has 10 heteroatoms. The molecule has 8 nitrogen and oxygen atoms in total. The first-order valence-electron chi connectivity index (χ1n) is 15.4. The maximum Gasteiger partial charge on any atom is 0.318 e. The minimum atomic E-state index is -0.840. The van der Waals surface area contributed by atoms with Crippen LogP contribution in [-0.2, 0) is 19.4 Å². The second-order valence-corrected chi connectivity index (χ2v) is 12.5. The van der Waals surface area contributed by atoms with Crippen LogP contribution in [-0.4, -0.2) is 82.2 Å². The summed E-state index contributed by atoms with van der Waals surface area (Å²) in [7, 11) is 0. The van der Waals surface area contributed by atoms with Gasteiger partial charge < -0.3 is 24.7 Å². The maximum absolute atomic E-state index is 14.9. The number of phenols is 1. The number of nitrogens with zero attached hydrogens (tertiary/aromatic N) is 5. The van der Waals surface area contributed by atoms with Gasteiger partial charge in [0, 0.05) is 55.3 Å². The molecule has 0 spiro atoms. The van der Waals surface area contributed by atoms with E-state index in [9.17, 15) is 19.0 Å². The molecular formula is C32H39F2N5O3. The summed E-state index contributed by atoms with van der Waals surface area (Å²) in [5.41, 5.74) is 2.95. The van der Waals surface area contributed by atoms with E-state index in [1.807, 2.05) is 6.92 Å². The number of benzene rings is 2. The predicted molar refractivity (Wildman–Crippen MR) is 158 cm³/mol. The number of β-amino-alcohol motifs (C(OH)–C–C–N with tert-alkyl or cyclic N) is 1. The zero-order chi connectivity index (χ0) is 29.0. The minimum absolute atomic E-state index is 0.134. The van der Waals surface area contributed by atoms with Crippen LogP contribution in [0.1, 0.15) is 55.8 Å². The SMILES string of the molecule is CCc1c(F)ccc2cc(O)cc(N3CCc4c(nc(OC[C@@]56CCCN5C[C@H](F)C6)nc4N4CCC[C@@H](O)C4)C3)c12. The number of aromatic nitrogens is 2. The number of phenolic OH excluding ortho intramolecular Hbond substituents is 1. The van der Waals surface area contributed by atoms with E-state index in [2.05, 4.69) is 14.7 Å². The lowest BCUT2D eigenvalue weighted by Crippen LogP contribution is -2.44. The van der Waals surface area contributed by atoms with Crippen molar-refractivity contribution < 1.29 is 23.7 Å². The molecule has 42 heavy (non-hydrogen) atoms. The molecule has 3 fully saturated rings. The van der Waals surface area contributed by atoms with Crippen LogP contribution in [0, 0.1) is 5.82 Å². The van der Waals surface area contributed by atoms with Gasteiger partial charge in [0.05, 0.1) is 23.9 Å². The highest BCUT2D eigenvalue weighted by molar-refractivity contribution is 5.98. The molecule has 1 aromatic heterocycles. The molecule has 0 bridgehead atoms. The highest BCUT2D eigenvalue weighted by atomic mass is 19.1. The summed E-state index contributed by atoms with van der Waals surface area (Å²) in [4.78, 5) is 16.3. The molecule has 0 unspecified atom stereocenters. The zero-order valence-electron chi connectivity index (χ0n) is 24.2. The Morgan fingerprint density at radius 2 is 1.98 bits per heavy atom. The van der Waals surface area contributed by atoms with Crippen molar-refractivity contribution in [2.24, 2.45) is 0 Å². The number of alkyl halides is 1. The summed E-state index contributed by atoms with van der Waals surface area (Å²) in [6.45, 7) is 6.02. The van der Waals surface area contributed by atoms with Gasteiger partial charge in [-0.3, -0.25) is 4.90 Å². The normalized spacial score (nSPS) is 26.1. The molecule has 224 valence electrons. The molecule has 0 amide bonds. The molecule has 2 N–H and O–H groups in total. The highest BCUT2D eigenvalue weighted by Gasteiger charge is 2.49. The van der Waals surface area contributed by atoms with Gasteiger partial charge in [-0.25, -0.2) is 8.78 Å². The van der Waals surface area contributed by atoms with Gasteiger partial charge in [0.1, 0.15) is 30.2 Å². The third-order valence-corrected chi connectivity index (χ3v) is 9.78. The first-order valence-corrected chi connectivity index (χ1v) is 15.4. The van der Waals surface area contributed by atoms with Crippen molar-refractivity contribution in [1.29, 1.82) is 0 Å². The fraction of sp³-hybridized carbons (Fsp3) is 0.562. The number of aromatic hydroxyl groups is 1. The molecule has 3 atom stereocenters. The summed E-state index contributed by atoms with van der Waals surface area (Å²) < 4.78 is 35.6. The monoisotopic (exact) mass is 579 g/mol. The van der Waals surface area contributed by atoms with Gasteiger partial charge in [0.15, 0.2) is 0 Å². The second-order valence-electron chi connectivity index (χ2n) is 12.5. The van der Waals surface area contributed by atoms with Gasteiger partial charge in [-0.2, -0.15) is 9.97 Å². The largest absolute Gasteiger partial charge is 0.508 e. The first kappa shape index (κ1) is 27.6. The van der Waals surface area contributed by atoms with E-state index in [1.165, 1.54) is 6.07 Å². The molecule has 4 aliphatic heterocycles. The standard InChI is InChI=1S/C32H39F2N5O3/c1-2-24-26(34)7-6-20-13-23(41)14-28(29(20)24)37-12-8-25-27(18-37)35-31(36-30(25)38-10-3-5-22(40)17-38)42-19-32-9-4-11-39(32)16-21(33)15-32/h6-7,13-14,21-22,40-41H,2-5,8-12,15-19H2,1H3/t21-,22-,32+/m1/s1. The van der Waals surface area contributed by atoms with Crippen LogP contribution in [0.25, 0.3) is 10.8 Å². The summed E-state index contributed by atoms with van der Waals surface area (Å²) in [6.07, 6.45) is 3.98. The molecule has 0 aliphatic carbocycles. The molecule has 4 aliphatic rings. The summed E-state index contributed by atoms with van der Waals surface area (Å²) >= 11 is 0. The minimum Gasteiger partial charge on any atom is -0.508 e. The number of fused-ring (bicyclic) bond motifs is 3. The Balaban J connectivity index is 1.25. The average Bonchev–Trinajstić information content (AvgIpc) is 3.50. The fourth-order valence-corrected chi connectivity index (χ4v) is 7.79. The number of hydrogen-bond donors (Lipinski definition) is 2. The van der Waals surface area contributed by atoms with Crippen molar-refractivity contribution >= 4 is 22.3 Å². The number of halogens is 2. The molecular weight excluding hydrogens is 540 g/mol. The van der Waals surface area contributed by atoms with E-state index < -0.39 is 12.3 Å². The Kier molecular flexibility index (Phi) is 7.09. The second kappa shape index (κ2) is 10.8. The zero-order valence-corrected chi connectivity index (χ0v) is 24.2. The van der Waals surface area contributed by atoms with E-state index in [-0.39, 0.29) is 23.1 Å². The fourth-order valence-electron chi connectivity index (χ4n) is 7.79. The Hall–Kier alpha value is -3.24. The number of aliphatic hydroxyl groups excluding tert-OH is 1. The van der Waals surface area contributed by atoms with Crippen molar-refractivity contribution in [3.63, 3.8) is 0 Å². The van der Waals surface area contributed by atoms with E-state index in [0.29, 0.717) is 57.6 Å². The molecule has 7 rings (SSSR count). The van der Waals surface area contributed by atoms with Gasteiger partial charge in [0.2, 0.25) is 0 Å². The number of ether oxygens (including phenoxy) is 1. The van der Waals surface area contributed by atoms with Crippen molar-refractivity contribution in [2.75, 3.05) is 49.1 Å². The summed E-state index contributed by atoms with van der Waals surface area (Å²) in [6, 6.07) is 6.85. The predicted octanol–water partition coefficient (Wildman–Crippen LogP) is 4.52. The Labute approximate surface area is 244 Å². The van der Waals surface area contributed by atoms with Gasteiger partial charge >= 0.3 is 6.01 Å². The number of rotatable bonds is 6. The average molecular weight is 580 g/mol. The van der Waals surface area contributed by atoms with Crippen LogP contribution < -0.4 is 14.5 Å². The highest BCUT2D eigenvalue weighted by Crippen LogP contribution is 2.42. The quantitative estimate of drug-likeness (QED) is 0.441. The van der Waals surface area contributed by atoms with E-state index >= 15 is 0 Å². The lowest BCUT2D eigenvalue weighted by molar-refractivity contribution is 0.107. The van der Waals surface area contributed by atoms with Crippen LogP contribution in [0.5, 0.6) is 11.8 Å². The van der Waals surface area contributed by atoms with E-state index in [4.69, 9.17) is 14.7 Å². The topological polar surface area (TPSA) is 85.2 Å².